The van der Waals surface area contributed by atoms with Gasteiger partial charge in [0.2, 0.25) is 5.91 Å². The number of fused-ring (bicyclic) bond motifs is 1. The van der Waals surface area contributed by atoms with Crippen LogP contribution < -0.4 is 5.73 Å². The van der Waals surface area contributed by atoms with E-state index in [9.17, 15) is 19.8 Å². The number of carboxylic acid groups (broad SMARTS) is 1. The summed E-state index contributed by atoms with van der Waals surface area (Å²) in [5.41, 5.74) is 8.84. The molecule has 0 bridgehead atoms. The van der Waals surface area contributed by atoms with Crippen LogP contribution in [0.2, 0.25) is 5.02 Å². The lowest BCUT2D eigenvalue weighted by Gasteiger charge is -2.13. The van der Waals surface area contributed by atoms with Crippen molar-refractivity contribution in [3.05, 3.63) is 75.6 Å². The van der Waals surface area contributed by atoms with Crippen LogP contribution in [-0.2, 0) is 6.54 Å². The zero-order valence-electron chi connectivity index (χ0n) is 14.9. The molecule has 2 aromatic heterocycles. The molecule has 0 aliphatic carbocycles. The number of aromatic nitrogens is 1. The van der Waals surface area contributed by atoms with Gasteiger partial charge < -0.3 is 20.5 Å². The zero-order chi connectivity index (χ0) is 20.7. The maximum absolute atomic E-state index is 11.5. The lowest BCUT2D eigenvalue weighted by atomic mass is 10.1. The number of primary amides is 1. The highest BCUT2D eigenvalue weighted by atomic mass is 35.5. The quantitative estimate of drug-likeness (QED) is 0.434. The van der Waals surface area contributed by atoms with E-state index >= 15 is 0 Å². The minimum Gasteiger partial charge on any atom is -0.508 e. The summed E-state index contributed by atoms with van der Waals surface area (Å²) in [5.74, 6) is -1.45. The molecular formula is C21H15ClN2O4S. The normalized spacial score (nSPS) is 11.1. The number of benzene rings is 2. The van der Waals surface area contributed by atoms with Crippen molar-refractivity contribution in [2.24, 2.45) is 5.73 Å². The van der Waals surface area contributed by atoms with Crippen molar-refractivity contribution >= 4 is 45.0 Å². The second-order valence-corrected chi connectivity index (χ2v) is 8.00. The van der Waals surface area contributed by atoms with Gasteiger partial charge in [-0.2, -0.15) is 0 Å². The highest BCUT2D eigenvalue weighted by Crippen LogP contribution is 2.38. The highest BCUT2D eigenvalue weighted by molar-refractivity contribution is 7.20. The number of halogens is 1. The maximum atomic E-state index is 11.5. The number of hydrogen-bond donors (Lipinski definition) is 3. The third kappa shape index (κ3) is 3.57. The molecular weight excluding hydrogens is 412 g/mol. The van der Waals surface area contributed by atoms with Gasteiger partial charge in [0, 0.05) is 17.7 Å². The summed E-state index contributed by atoms with van der Waals surface area (Å²) >= 11 is 7.53. The number of thiophene rings is 1. The van der Waals surface area contributed by atoms with Gasteiger partial charge in [0.05, 0.1) is 20.9 Å². The Morgan fingerprint density at radius 2 is 1.90 bits per heavy atom. The van der Waals surface area contributed by atoms with Gasteiger partial charge in [-0.05, 0) is 48.0 Å². The average molecular weight is 427 g/mol. The average Bonchev–Trinajstić information content (AvgIpc) is 3.22. The van der Waals surface area contributed by atoms with Gasteiger partial charge in [0.15, 0.2) is 0 Å². The van der Waals surface area contributed by atoms with Crippen LogP contribution in [0.4, 0.5) is 0 Å². The first-order valence-corrected chi connectivity index (χ1v) is 9.77. The Labute approximate surface area is 174 Å². The molecule has 6 nitrogen and oxygen atoms in total. The van der Waals surface area contributed by atoms with E-state index in [2.05, 4.69) is 0 Å². The van der Waals surface area contributed by atoms with Gasteiger partial charge in [0.1, 0.15) is 10.6 Å². The maximum Gasteiger partial charge on any atom is 0.345 e. The standard InChI is InChI=1S/C21H15ClN2O4S/c22-15-7-13(25)4-5-14(15)16-8-18-17(9-19(29-18)21(27)28)24(16)10-11-2-1-3-12(6-11)20(23)26/h1-9,25H,10H2,(H2,23,26)(H,27,28). The molecule has 0 fully saturated rings. The zero-order valence-corrected chi connectivity index (χ0v) is 16.5. The van der Waals surface area contributed by atoms with Gasteiger partial charge in [0.25, 0.3) is 0 Å². The summed E-state index contributed by atoms with van der Waals surface area (Å²) in [7, 11) is 0. The highest BCUT2D eigenvalue weighted by Gasteiger charge is 2.19. The van der Waals surface area contributed by atoms with Gasteiger partial charge in [-0.1, -0.05) is 23.7 Å². The molecule has 4 N–H and O–H groups in total. The number of phenolic OH excluding ortho intramolecular Hbond substituents is 1. The first-order chi connectivity index (χ1) is 13.8. The number of phenols is 1. The summed E-state index contributed by atoms with van der Waals surface area (Å²) in [6.45, 7) is 0.382. The van der Waals surface area contributed by atoms with Crippen LogP contribution in [0.5, 0.6) is 5.75 Å². The van der Waals surface area contributed by atoms with E-state index in [4.69, 9.17) is 17.3 Å². The number of aromatic carboxylic acids is 1. The molecule has 0 radical (unpaired) electrons. The number of rotatable bonds is 5. The summed E-state index contributed by atoms with van der Waals surface area (Å²) in [6, 6.07) is 15.2. The van der Waals surface area contributed by atoms with E-state index in [-0.39, 0.29) is 10.6 Å². The summed E-state index contributed by atoms with van der Waals surface area (Å²) in [4.78, 5) is 23.2. The van der Waals surface area contributed by atoms with Gasteiger partial charge >= 0.3 is 5.97 Å². The Bertz CT molecular complexity index is 1280. The van der Waals surface area contributed by atoms with Crippen molar-refractivity contribution in [1.82, 2.24) is 4.57 Å². The summed E-state index contributed by atoms with van der Waals surface area (Å²) in [5, 5.41) is 19.4. The van der Waals surface area contributed by atoms with Crippen LogP contribution in [0.3, 0.4) is 0 Å². The van der Waals surface area contributed by atoms with Crippen molar-refractivity contribution in [2.45, 2.75) is 6.54 Å². The minimum absolute atomic E-state index is 0.0565. The van der Waals surface area contributed by atoms with Crippen molar-refractivity contribution < 1.29 is 19.8 Å². The van der Waals surface area contributed by atoms with Crippen LogP contribution in [0.1, 0.15) is 25.6 Å². The predicted octanol–water partition coefficient (Wildman–Crippen LogP) is 4.57. The Kier molecular flexibility index (Phi) is 4.77. The molecule has 0 atom stereocenters. The number of carbonyl (C=O) groups excluding carboxylic acids is 1. The van der Waals surface area contributed by atoms with E-state index < -0.39 is 11.9 Å². The van der Waals surface area contributed by atoms with E-state index in [1.807, 2.05) is 16.7 Å². The van der Waals surface area contributed by atoms with Crippen LogP contribution in [0.25, 0.3) is 21.5 Å². The SMILES string of the molecule is NC(=O)c1cccc(Cn2c(-c3ccc(O)cc3Cl)cc3sc(C(=O)O)cc32)c1. The third-order valence-corrected chi connectivity index (χ3v) is 5.95. The van der Waals surface area contributed by atoms with Crippen LogP contribution in [0.15, 0.2) is 54.6 Å². The number of carboxylic acids is 1. The second-order valence-electron chi connectivity index (χ2n) is 6.51. The first kappa shape index (κ1) is 19.0. The molecule has 4 rings (SSSR count). The number of nitrogens with zero attached hydrogens (tertiary/aromatic N) is 1. The number of carbonyl (C=O) groups is 2. The summed E-state index contributed by atoms with van der Waals surface area (Å²) in [6.07, 6.45) is 0. The van der Waals surface area contributed by atoms with Crippen LogP contribution in [0, 0.1) is 0 Å². The fraction of sp³-hybridized carbons (Fsp3) is 0.0476. The molecule has 0 unspecified atom stereocenters. The molecule has 0 aliphatic rings. The van der Waals surface area contributed by atoms with Gasteiger partial charge in [-0.25, -0.2) is 4.79 Å². The van der Waals surface area contributed by atoms with E-state index in [0.717, 1.165) is 21.5 Å². The number of hydrogen-bond acceptors (Lipinski definition) is 4. The molecule has 0 aliphatic heterocycles. The molecule has 0 saturated carbocycles. The summed E-state index contributed by atoms with van der Waals surface area (Å²) < 4.78 is 2.74. The predicted molar refractivity (Wildman–Crippen MR) is 113 cm³/mol. The fourth-order valence-electron chi connectivity index (χ4n) is 3.26. The van der Waals surface area contributed by atoms with Crippen LogP contribution in [-0.4, -0.2) is 26.7 Å². The van der Waals surface area contributed by atoms with Crippen molar-refractivity contribution in [1.29, 1.82) is 0 Å². The van der Waals surface area contributed by atoms with E-state index in [0.29, 0.717) is 22.7 Å². The third-order valence-electron chi connectivity index (χ3n) is 4.58. The first-order valence-electron chi connectivity index (χ1n) is 8.57. The Morgan fingerprint density at radius 3 is 2.59 bits per heavy atom. The van der Waals surface area contributed by atoms with Gasteiger partial charge in [-0.15, -0.1) is 11.3 Å². The number of amides is 1. The fourth-order valence-corrected chi connectivity index (χ4v) is 4.47. The molecule has 8 heteroatoms. The molecule has 2 heterocycles. The van der Waals surface area contributed by atoms with Crippen molar-refractivity contribution in [3.8, 4) is 17.0 Å². The Morgan fingerprint density at radius 1 is 1.10 bits per heavy atom. The van der Waals surface area contributed by atoms with Crippen molar-refractivity contribution in [2.75, 3.05) is 0 Å². The molecule has 0 saturated heterocycles. The van der Waals surface area contributed by atoms with Gasteiger partial charge in [-0.3, -0.25) is 4.79 Å². The lowest BCUT2D eigenvalue weighted by Crippen LogP contribution is -2.11. The molecule has 4 aromatic rings. The molecule has 1 amide bonds. The molecule has 146 valence electrons. The van der Waals surface area contributed by atoms with E-state index in [1.165, 1.54) is 17.4 Å². The number of aromatic hydroxyl groups is 1. The molecule has 2 aromatic carbocycles. The topological polar surface area (TPSA) is 106 Å². The molecule has 0 spiro atoms. The van der Waals surface area contributed by atoms with Crippen molar-refractivity contribution in [3.63, 3.8) is 0 Å². The molecule has 29 heavy (non-hydrogen) atoms. The Hall–Kier alpha value is -3.29. The van der Waals surface area contributed by atoms with E-state index in [1.54, 1.807) is 36.4 Å². The Balaban J connectivity index is 1.90. The lowest BCUT2D eigenvalue weighted by molar-refractivity contribution is 0.0702. The van der Waals surface area contributed by atoms with Crippen LogP contribution >= 0.6 is 22.9 Å². The minimum atomic E-state index is -0.988. The second kappa shape index (κ2) is 7.27. The largest absolute Gasteiger partial charge is 0.508 e. The number of nitrogens with two attached hydrogens (primary N) is 1. The smallest absolute Gasteiger partial charge is 0.345 e. The monoisotopic (exact) mass is 426 g/mol.